The lowest BCUT2D eigenvalue weighted by Crippen LogP contribution is -2.22. The average Bonchev–Trinajstić information content (AvgIpc) is 2.94. The molecule has 0 saturated carbocycles. The summed E-state index contributed by atoms with van der Waals surface area (Å²) in [7, 11) is 0. The standard InChI is InChI=1S/C11H14N4O3S2/c1-2-3-6-18-5(4-19-6)15-8-7(20-11(15)17)9(16)14-10(12)13-8/h5-6H,2-4H2,1H3,(H3,12,13,14,16). The molecule has 2 atom stereocenters. The van der Waals surface area contributed by atoms with Gasteiger partial charge in [0.1, 0.15) is 16.4 Å². The summed E-state index contributed by atoms with van der Waals surface area (Å²) in [5.41, 5.74) is 5.57. The first-order chi connectivity index (χ1) is 9.60. The lowest BCUT2D eigenvalue weighted by atomic mass is 10.3. The van der Waals surface area contributed by atoms with Crippen molar-refractivity contribution in [2.24, 2.45) is 0 Å². The second-order valence-electron chi connectivity index (χ2n) is 4.48. The zero-order valence-corrected chi connectivity index (χ0v) is 12.4. The van der Waals surface area contributed by atoms with E-state index in [1.165, 1.54) is 4.57 Å². The molecule has 0 bridgehead atoms. The van der Waals surface area contributed by atoms with Crippen LogP contribution in [0.15, 0.2) is 9.59 Å². The number of thiazole rings is 1. The Morgan fingerprint density at radius 2 is 2.35 bits per heavy atom. The van der Waals surface area contributed by atoms with Crippen LogP contribution in [0.4, 0.5) is 5.95 Å². The highest BCUT2D eigenvalue weighted by Crippen LogP contribution is 2.34. The van der Waals surface area contributed by atoms with Gasteiger partial charge in [-0.15, -0.1) is 11.8 Å². The summed E-state index contributed by atoms with van der Waals surface area (Å²) < 4.78 is 7.58. The van der Waals surface area contributed by atoms with Gasteiger partial charge >= 0.3 is 4.87 Å². The van der Waals surface area contributed by atoms with Crippen LogP contribution in [0, 0.1) is 0 Å². The van der Waals surface area contributed by atoms with Gasteiger partial charge in [-0.2, -0.15) is 4.98 Å². The zero-order chi connectivity index (χ0) is 14.3. The minimum atomic E-state index is -0.385. The number of H-pyrrole nitrogens is 1. The molecule has 3 N–H and O–H groups in total. The van der Waals surface area contributed by atoms with Gasteiger partial charge in [0.15, 0.2) is 5.65 Å². The minimum absolute atomic E-state index is 0.00445. The SMILES string of the molecule is CCCC1OC(n2c(=O)sc3c(=O)[nH]c(N)nc32)CS1. The van der Waals surface area contributed by atoms with Crippen LogP contribution in [-0.2, 0) is 4.74 Å². The number of hydrogen-bond donors (Lipinski definition) is 2. The third kappa shape index (κ3) is 2.25. The van der Waals surface area contributed by atoms with Crippen LogP contribution in [0.1, 0.15) is 26.0 Å². The summed E-state index contributed by atoms with van der Waals surface area (Å²) in [5, 5.41) is 0. The van der Waals surface area contributed by atoms with Crippen molar-refractivity contribution >= 4 is 39.4 Å². The molecule has 9 heteroatoms. The van der Waals surface area contributed by atoms with Crippen molar-refractivity contribution < 1.29 is 4.74 Å². The van der Waals surface area contributed by atoms with E-state index in [-0.39, 0.29) is 32.7 Å². The fourth-order valence-corrected chi connectivity index (χ4v) is 4.24. The first kappa shape index (κ1) is 13.7. The van der Waals surface area contributed by atoms with Gasteiger partial charge in [-0.25, -0.2) is 0 Å². The maximum Gasteiger partial charge on any atom is 0.311 e. The smallest absolute Gasteiger partial charge is 0.311 e. The number of hydrogen-bond acceptors (Lipinski definition) is 7. The van der Waals surface area contributed by atoms with Gasteiger partial charge in [0, 0.05) is 5.75 Å². The van der Waals surface area contributed by atoms with E-state index in [4.69, 9.17) is 10.5 Å². The number of fused-ring (bicyclic) bond motifs is 1. The van der Waals surface area contributed by atoms with Crippen molar-refractivity contribution in [1.82, 2.24) is 14.5 Å². The molecule has 20 heavy (non-hydrogen) atoms. The summed E-state index contributed by atoms with van der Waals surface area (Å²) in [6, 6.07) is 0. The van der Waals surface area contributed by atoms with Crippen LogP contribution in [0.25, 0.3) is 10.3 Å². The third-order valence-electron chi connectivity index (χ3n) is 3.04. The maximum absolute atomic E-state index is 12.1. The number of aromatic amines is 1. The fourth-order valence-electron chi connectivity index (χ4n) is 2.17. The van der Waals surface area contributed by atoms with Crippen LogP contribution in [0.3, 0.4) is 0 Å². The molecule has 3 rings (SSSR count). The number of ether oxygens (including phenoxy) is 1. The quantitative estimate of drug-likeness (QED) is 0.880. The first-order valence-corrected chi connectivity index (χ1v) is 8.14. The largest absolute Gasteiger partial charge is 0.369 e. The molecule has 0 spiro atoms. The Balaban J connectivity index is 2.06. The summed E-state index contributed by atoms with van der Waals surface area (Å²) in [5.74, 6) is 0.676. The monoisotopic (exact) mass is 314 g/mol. The highest BCUT2D eigenvalue weighted by atomic mass is 32.2. The zero-order valence-electron chi connectivity index (χ0n) is 10.8. The van der Waals surface area contributed by atoms with Crippen molar-refractivity contribution in [1.29, 1.82) is 0 Å². The van der Waals surface area contributed by atoms with Gasteiger partial charge in [0.25, 0.3) is 5.56 Å². The van der Waals surface area contributed by atoms with Gasteiger partial charge in [0.2, 0.25) is 5.95 Å². The molecular formula is C11H14N4O3S2. The minimum Gasteiger partial charge on any atom is -0.369 e. The molecule has 0 aliphatic carbocycles. The number of nitrogens with zero attached hydrogens (tertiary/aromatic N) is 2. The van der Waals surface area contributed by atoms with Crippen molar-refractivity contribution in [2.45, 2.75) is 31.4 Å². The van der Waals surface area contributed by atoms with E-state index in [0.29, 0.717) is 11.4 Å². The van der Waals surface area contributed by atoms with E-state index in [1.54, 1.807) is 11.8 Å². The molecule has 2 aromatic rings. The third-order valence-corrected chi connectivity index (χ3v) is 5.18. The molecule has 1 fully saturated rings. The number of rotatable bonds is 3. The number of nitrogens with two attached hydrogens (primary N) is 1. The molecule has 1 aliphatic heterocycles. The van der Waals surface area contributed by atoms with E-state index < -0.39 is 0 Å². The van der Waals surface area contributed by atoms with Gasteiger partial charge in [-0.05, 0) is 6.42 Å². The Morgan fingerprint density at radius 1 is 1.55 bits per heavy atom. The number of aromatic nitrogens is 3. The molecule has 3 heterocycles. The first-order valence-electron chi connectivity index (χ1n) is 6.28. The molecular weight excluding hydrogens is 300 g/mol. The Bertz CT molecular complexity index is 750. The Morgan fingerprint density at radius 3 is 3.10 bits per heavy atom. The summed E-state index contributed by atoms with van der Waals surface area (Å²) in [4.78, 5) is 30.1. The van der Waals surface area contributed by atoms with Gasteiger partial charge in [-0.1, -0.05) is 24.7 Å². The van der Waals surface area contributed by atoms with Crippen molar-refractivity contribution in [2.75, 3.05) is 11.5 Å². The number of nitrogen functional groups attached to an aromatic ring is 1. The van der Waals surface area contributed by atoms with Crippen LogP contribution >= 0.6 is 23.1 Å². The lowest BCUT2D eigenvalue weighted by molar-refractivity contribution is 0.0170. The topological polar surface area (TPSA) is 103 Å². The molecule has 0 radical (unpaired) electrons. The molecule has 1 aliphatic rings. The van der Waals surface area contributed by atoms with Gasteiger partial charge < -0.3 is 10.5 Å². The second-order valence-corrected chi connectivity index (χ2v) is 6.64. The van der Waals surface area contributed by atoms with E-state index in [1.807, 2.05) is 0 Å². The average molecular weight is 314 g/mol. The number of nitrogens with one attached hydrogen (secondary N) is 1. The predicted octanol–water partition coefficient (Wildman–Crippen LogP) is 1.12. The van der Waals surface area contributed by atoms with Crippen LogP contribution in [0.2, 0.25) is 0 Å². The Labute approximate surface area is 122 Å². The van der Waals surface area contributed by atoms with Gasteiger partial charge in [-0.3, -0.25) is 19.1 Å². The van der Waals surface area contributed by atoms with Crippen molar-refractivity contribution in [3.8, 4) is 0 Å². The summed E-state index contributed by atoms with van der Waals surface area (Å²) >= 11 is 2.55. The van der Waals surface area contributed by atoms with Crippen molar-refractivity contribution in [3.05, 3.63) is 20.0 Å². The highest BCUT2D eigenvalue weighted by molar-refractivity contribution is 7.99. The molecule has 0 amide bonds. The molecule has 2 aromatic heterocycles. The predicted molar refractivity (Wildman–Crippen MR) is 80.2 cm³/mol. The number of thioether (sulfide) groups is 1. The number of anilines is 1. The molecule has 7 nitrogen and oxygen atoms in total. The normalized spacial score (nSPS) is 22.6. The molecule has 2 unspecified atom stereocenters. The fraction of sp³-hybridized carbons (Fsp3) is 0.545. The summed E-state index contributed by atoms with van der Waals surface area (Å²) in [6.07, 6.45) is 1.58. The molecule has 0 aromatic carbocycles. The molecule has 108 valence electrons. The second kappa shape index (κ2) is 5.23. The van der Waals surface area contributed by atoms with E-state index in [0.717, 1.165) is 24.2 Å². The highest BCUT2D eigenvalue weighted by Gasteiger charge is 2.30. The van der Waals surface area contributed by atoms with Crippen LogP contribution in [0.5, 0.6) is 0 Å². The maximum atomic E-state index is 12.1. The molecule has 1 saturated heterocycles. The van der Waals surface area contributed by atoms with E-state index >= 15 is 0 Å². The Hall–Kier alpha value is -1.32. The van der Waals surface area contributed by atoms with Crippen molar-refractivity contribution in [3.63, 3.8) is 0 Å². The van der Waals surface area contributed by atoms with E-state index in [9.17, 15) is 9.59 Å². The summed E-state index contributed by atoms with van der Waals surface area (Å²) in [6.45, 7) is 2.09. The van der Waals surface area contributed by atoms with Crippen LogP contribution < -0.4 is 16.2 Å². The van der Waals surface area contributed by atoms with E-state index in [2.05, 4.69) is 16.9 Å². The Kier molecular flexibility index (Phi) is 3.57. The van der Waals surface area contributed by atoms with Gasteiger partial charge in [0.05, 0.1) is 0 Å². The lowest BCUT2D eigenvalue weighted by Gasteiger charge is -2.13. The van der Waals surface area contributed by atoms with Crippen LogP contribution in [-0.4, -0.2) is 25.7 Å².